The number of aromatic nitrogens is 5. The number of rotatable bonds is 3. The van der Waals surface area contributed by atoms with Crippen molar-refractivity contribution in [3.8, 4) is 5.88 Å². The lowest BCUT2D eigenvalue weighted by molar-refractivity contribution is 0.391. The van der Waals surface area contributed by atoms with Gasteiger partial charge in [0.15, 0.2) is 0 Å². The third-order valence-electron chi connectivity index (χ3n) is 4.21. The maximum Gasteiger partial charge on any atom is 0.221 e. The summed E-state index contributed by atoms with van der Waals surface area (Å²) in [6.45, 7) is 5.80. The summed E-state index contributed by atoms with van der Waals surface area (Å²) in [5, 5.41) is 8.27. The van der Waals surface area contributed by atoms with Crippen molar-refractivity contribution < 1.29 is 4.74 Å². The number of ether oxygens (including phenoxy) is 1. The molecule has 0 N–H and O–H groups in total. The molecule has 3 rings (SSSR count). The fourth-order valence-corrected chi connectivity index (χ4v) is 3.14. The van der Waals surface area contributed by atoms with E-state index in [1.54, 1.807) is 13.4 Å². The van der Waals surface area contributed by atoms with Gasteiger partial charge in [-0.2, -0.15) is 4.98 Å². The van der Waals surface area contributed by atoms with Gasteiger partial charge in [-0.25, -0.2) is 4.98 Å². The molecule has 1 aliphatic heterocycles. The highest BCUT2D eigenvalue weighted by Gasteiger charge is 2.27. The number of hydrogen-bond donors (Lipinski definition) is 0. The molecule has 0 amide bonds. The van der Waals surface area contributed by atoms with Crippen LogP contribution < -0.4 is 9.64 Å². The standard InChI is InChI=1S/C15H22N6O/c1-10-13(17-11(2)18-15(10)22-4)21-7-5-6-12(8-21)14-19-16-9-20(14)3/h9,12H,5-8H2,1-4H3/t12-/m1/s1. The van der Waals surface area contributed by atoms with Crippen molar-refractivity contribution in [2.45, 2.75) is 32.6 Å². The summed E-state index contributed by atoms with van der Waals surface area (Å²) >= 11 is 0. The molecule has 0 aliphatic carbocycles. The molecule has 0 radical (unpaired) electrons. The molecule has 0 aromatic carbocycles. The Labute approximate surface area is 130 Å². The average molecular weight is 302 g/mol. The first-order valence-corrected chi connectivity index (χ1v) is 7.58. The van der Waals surface area contributed by atoms with E-state index in [-0.39, 0.29) is 0 Å². The number of nitrogens with zero attached hydrogens (tertiary/aromatic N) is 6. The van der Waals surface area contributed by atoms with E-state index in [2.05, 4.69) is 25.1 Å². The van der Waals surface area contributed by atoms with Crippen LogP contribution in [-0.2, 0) is 7.05 Å². The molecule has 22 heavy (non-hydrogen) atoms. The van der Waals surface area contributed by atoms with Gasteiger partial charge in [0.1, 0.15) is 23.8 Å². The minimum absolute atomic E-state index is 0.377. The maximum absolute atomic E-state index is 5.37. The summed E-state index contributed by atoms with van der Waals surface area (Å²) < 4.78 is 7.38. The van der Waals surface area contributed by atoms with Crippen LogP contribution in [0.1, 0.15) is 36.0 Å². The number of piperidine rings is 1. The van der Waals surface area contributed by atoms with Crippen LogP contribution in [0.25, 0.3) is 0 Å². The molecule has 1 aliphatic rings. The number of aryl methyl sites for hydroxylation is 2. The van der Waals surface area contributed by atoms with E-state index in [1.165, 1.54) is 0 Å². The molecule has 7 heteroatoms. The van der Waals surface area contributed by atoms with Crippen LogP contribution >= 0.6 is 0 Å². The Balaban J connectivity index is 1.89. The highest BCUT2D eigenvalue weighted by molar-refractivity contribution is 5.51. The second-order valence-corrected chi connectivity index (χ2v) is 5.81. The van der Waals surface area contributed by atoms with E-state index in [4.69, 9.17) is 4.74 Å². The monoisotopic (exact) mass is 302 g/mol. The summed E-state index contributed by atoms with van der Waals surface area (Å²) in [6, 6.07) is 0. The SMILES string of the molecule is COc1nc(C)nc(N2CCC[C@@H](c3nncn3C)C2)c1C. The molecule has 0 spiro atoms. The minimum atomic E-state index is 0.377. The third-order valence-corrected chi connectivity index (χ3v) is 4.21. The first-order valence-electron chi connectivity index (χ1n) is 7.58. The van der Waals surface area contributed by atoms with Crippen LogP contribution in [0.4, 0.5) is 5.82 Å². The van der Waals surface area contributed by atoms with E-state index < -0.39 is 0 Å². The maximum atomic E-state index is 5.37. The van der Waals surface area contributed by atoms with Crippen molar-refractivity contribution in [2.75, 3.05) is 25.1 Å². The van der Waals surface area contributed by atoms with Crippen LogP contribution in [0.5, 0.6) is 5.88 Å². The smallest absolute Gasteiger partial charge is 0.221 e. The highest BCUT2D eigenvalue weighted by atomic mass is 16.5. The first kappa shape index (κ1) is 14.7. The van der Waals surface area contributed by atoms with Crippen molar-refractivity contribution >= 4 is 5.82 Å². The molecule has 0 saturated carbocycles. The van der Waals surface area contributed by atoms with E-state index in [0.717, 1.165) is 49.0 Å². The lowest BCUT2D eigenvalue weighted by atomic mass is 9.97. The zero-order valence-electron chi connectivity index (χ0n) is 13.6. The van der Waals surface area contributed by atoms with Gasteiger partial charge in [-0.05, 0) is 26.7 Å². The van der Waals surface area contributed by atoms with Gasteiger partial charge in [0.05, 0.1) is 12.7 Å². The molecule has 1 atom stereocenters. The first-order chi connectivity index (χ1) is 10.6. The van der Waals surface area contributed by atoms with Crippen LogP contribution in [0.3, 0.4) is 0 Å². The summed E-state index contributed by atoms with van der Waals surface area (Å²) in [7, 11) is 3.65. The zero-order chi connectivity index (χ0) is 15.7. The van der Waals surface area contributed by atoms with Gasteiger partial charge in [-0.15, -0.1) is 10.2 Å². The molecule has 2 aromatic rings. The quantitative estimate of drug-likeness (QED) is 0.858. The van der Waals surface area contributed by atoms with Crippen LogP contribution in [-0.4, -0.2) is 44.9 Å². The Morgan fingerprint density at radius 3 is 2.77 bits per heavy atom. The molecule has 0 bridgehead atoms. The van der Waals surface area contributed by atoms with E-state index in [0.29, 0.717) is 11.8 Å². The fourth-order valence-electron chi connectivity index (χ4n) is 3.14. The second kappa shape index (κ2) is 5.90. The molecule has 7 nitrogen and oxygen atoms in total. The Morgan fingerprint density at radius 1 is 1.27 bits per heavy atom. The van der Waals surface area contributed by atoms with E-state index >= 15 is 0 Å². The van der Waals surface area contributed by atoms with Crippen molar-refractivity contribution in [3.63, 3.8) is 0 Å². The molecular weight excluding hydrogens is 280 g/mol. The van der Waals surface area contributed by atoms with Gasteiger partial charge >= 0.3 is 0 Å². The van der Waals surface area contributed by atoms with Crippen molar-refractivity contribution in [2.24, 2.45) is 7.05 Å². The van der Waals surface area contributed by atoms with Gasteiger partial charge in [0.25, 0.3) is 0 Å². The van der Waals surface area contributed by atoms with E-state index in [9.17, 15) is 0 Å². The highest BCUT2D eigenvalue weighted by Crippen LogP contribution is 2.31. The lowest BCUT2D eigenvalue weighted by Crippen LogP contribution is -2.36. The summed E-state index contributed by atoms with van der Waals surface area (Å²) in [5.41, 5.74) is 0.992. The van der Waals surface area contributed by atoms with Crippen molar-refractivity contribution in [3.05, 3.63) is 23.5 Å². The zero-order valence-corrected chi connectivity index (χ0v) is 13.6. The minimum Gasteiger partial charge on any atom is -0.481 e. The second-order valence-electron chi connectivity index (χ2n) is 5.81. The van der Waals surface area contributed by atoms with Gasteiger partial charge in [0, 0.05) is 26.1 Å². The Hall–Kier alpha value is -2.18. The Morgan fingerprint density at radius 2 is 2.09 bits per heavy atom. The van der Waals surface area contributed by atoms with Gasteiger partial charge in [0.2, 0.25) is 5.88 Å². The summed E-state index contributed by atoms with van der Waals surface area (Å²) in [4.78, 5) is 11.3. The van der Waals surface area contributed by atoms with Crippen LogP contribution in [0.2, 0.25) is 0 Å². The summed E-state index contributed by atoms with van der Waals surface area (Å²) in [6.07, 6.45) is 4.00. The molecule has 1 saturated heterocycles. The van der Waals surface area contributed by atoms with Gasteiger partial charge in [-0.1, -0.05) is 0 Å². The van der Waals surface area contributed by atoms with Crippen LogP contribution in [0.15, 0.2) is 6.33 Å². The average Bonchev–Trinajstić information content (AvgIpc) is 2.95. The predicted molar refractivity (Wildman–Crippen MR) is 83.2 cm³/mol. The fraction of sp³-hybridized carbons (Fsp3) is 0.600. The van der Waals surface area contributed by atoms with Gasteiger partial charge in [-0.3, -0.25) is 0 Å². The Bertz CT molecular complexity index is 668. The van der Waals surface area contributed by atoms with E-state index in [1.807, 2.05) is 25.5 Å². The van der Waals surface area contributed by atoms with Crippen LogP contribution in [0, 0.1) is 13.8 Å². The largest absolute Gasteiger partial charge is 0.481 e. The molecule has 1 fully saturated rings. The number of hydrogen-bond acceptors (Lipinski definition) is 6. The Kier molecular flexibility index (Phi) is 3.96. The normalized spacial score (nSPS) is 18.5. The van der Waals surface area contributed by atoms with Crippen molar-refractivity contribution in [1.82, 2.24) is 24.7 Å². The molecule has 2 aromatic heterocycles. The number of anilines is 1. The topological polar surface area (TPSA) is 69.0 Å². The summed E-state index contributed by atoms with van der Waals surface area (Å²) in [5.74, 6) is 3.78. The molecule has 118 valence electrons. The van der Waals surface area contributed by atoms with Crippen molar-refractivity contribution in [1.29, 1.82) is 0 Å². The van der Waals surface area contributed by atoms with Gasteiger partial charge < -0.3 is 14.2 Å². The predicted octanol–water partition coefficient (Wildman–Crippen LogP) is 1.61. The molecule has 0 unspecified atom stereocenters. The lowest BCUT2D eigenvalue weighted by Gasteiger charge is -2.34. The molecular formula is C15H22N6O. The third kappa shape index (κ3) is 2.63. The number of methoxy groups -OCH3 is 1. The molecule has 3 heterocycles.